The quantitative estimate of drug-likeness (QED) is 0.292. The highest BCUT2D eigenvalue weighted by Crippen LogP contribution is 2.11. The van der Waals surface area contributed by atoms with E-state index in [2.05, 4.69) is 38.2 Å². The summed E-state index contributed by atoms with van der Waals surface area (Å²) in [6.45, 7) is 5.42. The molecule has 0 aliphatic heterocycles. The maximum Gasteiger partial charge on any atom is 0.330 e. The Balaban J connectivity index is 0.000000245. The molecule has 0 N–H and O–H groups in total. The molecule has 3 rings (SSSR count). The van der Waals surface area contributed by atoms with Gasteiger partial charge in [-0.1, -0.05) is 13.5 Å². The van der Waals surface area contributed by atoms with Crippen molar-refractivity contribution < 1.29 is 23.9 Å². The second-order valence-corrected chi connectivity index (χ2v) is 7.86. The molecule has 32 heavy (non-hydrogen) atoms. The molecular weight excluding hydrogens is 476 g/mol. The van der Waals surface area contributed by atoms with Gasteiger partial charge in [-0.25, -0.2) is 9.59 Å². The molecule has 0 aromatic carbocycles. The lowest BCUT2D eigenvalue weighted by Gasteiger charge is -1.88. The number of nitrogens with zero attached hydrogens (tertiary/aromatic N) is 6. The van der Waals surface area contributed by atoms with Gasteiger partial charge in [-0.15, -0.1) is 15.3 Å². The zero-order chi connectivity index (χ0) is 23.9. The Hall–Kier alpha value is -3.23. The third-order valence-electron chi connectivity index (χ3n) is 3.31. The standard InChI is InChI=1S/2C7H8N2O2S.C4H4N2OS/c2*1-5-6(12-9-8-5)3-4-7(10)11-2;1-3-4(2-7)8-6-5-3/h2*3-4H,1-2H3;2H,1H3/b4-3+;4-3-;. The molecule has 14 heteroatoms. The first-order valence-electron chi connectivity index (χ1n) is 8.66. The molecule has 0 aliphatic rings. The number of esters is 2. The fourth-order valence-corrected chi connectivity index (χ4v) is 3.13. The van der Waals surface area contributed by atoms with Crippen molar-refractivity contribution in [2.24, 2.45) is 0 Å². The largest absolute Gasteiger partial charge is 0.466 e. The molecule has 0 bridgehead atoms. The number of methoxy groups -OCH3 is 2. The van der Waals surface area contributed by atoms with Gasteiger partial charge in [-0.3, -0.25) is 4.79 Å². The average Bonchev–Trinajstić information content (AvgIpc) is 3.52. The van der Waals surface area contributed by atoms with E-state index in [0.717, 1.165) is 39.0 Å². The molecule has 3 aromatic heterocycles. The van der Waals surface area contributed by atoms with Crippen LogP contribution in [-0.4, -0.2) is 61.2 Å². The van der Waals surface area contributed by atoms with Crippen molar-refractivity contribution in [2.45, 2.75) is 20.8 Å². The lowest BCUT2D eigenvalue weighted by Crippen LogP contribution is -1.93. The number of hydrogen-bond donors (Lipinski definition) is 0. The summed E-state index contributed by atoms with van der Waals surface area (Å²) in [4.78, 5) is 33.7. The highest BCUT2D eigenvalue weighted by molar-refractivity contribution is 7.07. The molecule has 170 valence electrons. The summed E-state index contributed by atoms with van der Waals surface area (Å²) in [5.74, 6) is -0.745. The first-order chi connectivity index (χ1) is 15.3. The summed E-state index contributed by atoms with van der Waals surface area (Å²) in [6, 6.07) is 0. The van der Waals surface area contributed by atoms with E-state index in [4.69, 9.17) is 0 Å². The topological polar surface area (TPSA) is 147 Å². The summed E-state index contributed by atoms with van der Waals surface area (Å²) in [6.07, 6.45) is 6.75. The third kappa shape index (κ3) is 9.72. The Morgan fingerprint density at radius 3 is 1.25 bits per heavy atom. The number of carbonyl (C=O) groups is 3. The van der Waals surface area contributed by atoms with E-state index < -0.39 is 0 Å². The summed E-state index contributed by atoms with van der Waals surface area (Å²) in [7, 11) is 2.68. The van der Waals surface area contributed by atoms with Crippen LogP contribution in [0.15, 0.2) is 12.2 Å². The Morgan fingerprint density at radius 2 is 1.03 bits per heavy atom. The van der Waals surface area contributed by atoms with Gasteiger partial charge in [0.15, 0.2) is 6.29 Å². The van der Waals surface area contributed by atoms with Crippen LogP contribution in [0.1, 0.15) is 36.5 Å². The van der Waals surface area contributed by atoms with Crippen molar-refractivity contribution in [3.63, 3.8) is 0 Å². The van der Waals surface area contributed by atoms with Crippen molar-refractivity contribution in [3.05, 3.63) is 43.9 Å². The van der Waals surface area contributed by atoms with E-state index in [1.54, 1.807) is 19.1 Å². The van der Waals surface area contributed by atoms with Crippen molar-refractivity contribution in [2.75, 3.05) is 14.2 Å². The normalized spacial score (nSPS) is 10.2. The highest BCUT2D eigenvalue weighted by atomic mass is 32.1. The second-order valence-electron chi connectivity index (χ2n) is 5.50. The average molecular weight is 497 g/mol. The third-order valence-corrected chi connectivity index (χ3v) is 5.65. The maximum absolute atomic E-state index is 10.7. The first-order valence-corrected chi connectivity index (χ1v) is 11.0. The van der Waals surface area contributed by atoms with Crippen LogP contribution in [0.3, 0.4) is 0 Å². The molecular formula is C18H20N6O5S3. The lowest BCUT2D eigenvalue weighted by molar-refractivity contribution is -0.135. The molecule has 0 spiro atoms. The number of hydrogen-bond acceptors (Lipinski definition) is 14. The van der Waals surface area contributed by atoms with Gasteiger partial charge in [0.05, 0.1) is 41.1 Å². The zero-order valence-electron chi connectivity index (χ0n) is 17.8. The summed E-state index contributed by atoms with van der Waals surface area (Å²) in [5, 5.41) is 11.2. The van der Waals surface area contributed by atoms with Crippen LogP contribution in [-0.2, 0) is 19.1 Å². The lowest BCUT2D eigenvalue weighted by atomic mass is 10.3. The van der Waals surface area contributed by atoms with Crippen LogP contribution < -0.4 is 0 Å². The van der Waals surface area contributed by atoms with Crippen LogP contribution in [0, 0.1) is 20.8 Å². The molecule has 3 heterocycles. The van der Waals surface area contributed by atoms with Gasteiger partial charge >= 0.3 is 11.9 Å². The van der Waals surface area contributed by atoms with E-state index in [9.17, 15) is 14.4 Å². The molecule has 0 saturated heterocycles. The molecule has 0 fully saturated rings. The summed E-state index contributed by atoms with van der Waals surface area (Å²) in [5.41, 5.74) is 2.35. The number of aldehydes is 1. The van der Waals surface area contributed by atoms with Crippen LogP contribution in [0.5, 0.6) is 0 Å². The van der Waals surface area contributed by atoms with Crippen LogP contribution >= 0.6 is 34.6 Å². The van der Waals surface area contributed by atoms with Crippen molar-refractivity contribution in [1.82, 2.24) is 28.8 Å². The minimum Gasteiger partial charge on any atom is -0.466 e. The molecule has 0 atom stereocenters. The first kappa shape index (κ1) is 26.8. The molecule has 11 nitrogen and oxygen atoms in total. The predicted octanol–water partition coefficient (Wildman–Crippen LogP) is 2.72. The summed E-state index contributed by atoms with van der Waals surface area (Å²) < 4.78 is 19.8. The SMILES string of the molecule is COC(=O)/C=C/c1snnc1C.COC(=O)/C=C\c1snnc1C.Cc1nnsc1C=O. The Kier molecular flexibility index (Phi) is 12.3. The molecule has 0 saturated carbocycles. The van der Waals surface area contributed by atoms with Gasteiger partial charge in [0.2, 0.25) is 0 Å². The molecule has 3 aromatic rings. The Bertz CT molecular complexity index is 1010. The maximum atomic E-state index is 10.7. The summed E-state index contributed by atoms with van der Waals surface area (Å²) >= 11 is 3.61. The molecule has 0 unspecified atom stereocenters. The molecule has 0 radical (unpaired) electrons. The second kappa shape index (κ2) is 14.7. The number of aryl methyl sites for hydroxylation is 3. The van der Waals surface area contributed by atoms with Crippen molar-refractivity contribution in [3.8, 4) is 0 Å². The van der Waals surface area contributed by atoms with Gasteiger partial charge in [0.25, 0.3) is 0 Å². The fourth-order valence-electron chi connectivity index (χ4n) is 1.56. The monoisotopic (exact) mass is 496 g/mol. The van der Waals surface area contributed by atoms with E-state index in [1.807, 2.05) is 13.8 Å². The fraction of sp³-hybridized carbons (Fsp3) is 0.278. The van der Waals surface area contributed by atoms with E-state index in [1.165, 1.54) is 49.4 Å². The highest BCUT2D eigenvalue weighted by Gasteiger charge is 2.00. The van der Waals surface area contributed by atoms with Gasteiger partial charge in [0.1, 0.15) is 4.88 Å². The Morgan fingerprint density at radius 1 is 0.688 bits per heavy atom. The number of rotatable bonds is 5. The number of carbonyl (C=O) groups excluding carboxylic acids is 3. The van der Waals surface area contributed by atoms with Gasteiger partial charge in [-0.05, 0) is 67.5 Å². The molecule has 0 amide bonds. The number of aromatic nitrogens is 6. The molecule has 0 aliphatic carbocycles. The predicted molar refractivity (Wildman–Crippen MR) is 121 cm³/mol. The van der Waals surface area contributed by atoms with Gasteiger partial charge in [-0.2, -0.15) is 0 Å². The minimum absolute atomic E-state index is 0.372. The van der Waals surface area contributed by atoms with Crippen LogP contribution in [0.4, 0.5) is 0 Å². The minimum atomic E-state index is -0.372. The van der Waals surface area contributed by atoms with Crippen LogP contribution in [0.2, 0.25) is 0 Å². The zero-order valence-corrected chi connectivity index (χ0v) is 20.3. The van der Waals surface area contributed by atoms with E-state index >= 15 is 0 Å². The Labute approximate surface area is 196 Å². The van der Waals surface area contributed by atoms with Crippen LogP contribution in [0.25, 0.3) is 12.2 Å². The van der Waals surface area contributed by atoms with E-state index in [0.29, 0.717) is 10.6 Å². The number of ether oxygens (including phenoxy) is 2. The van der Waals surface area contributed by atoms with Crippen molar-refractivity contribution in [1.29, 1.82) is 0 Å². The van der Waals surface area contributed by atoms with E-state index in [-0.39, 0.29) is 11.9 Å². The smallest absolute Gasteiger partial charge is 0.330 e. The van der Waals surface area contributed by atoms with Crippen molar-refractivity contribution >= 4 is 65.0 Å². The van der Waals surface area contributed by atoms with Gasteiger partial charge < -0.3 is 9.47 Å². The van der Waals surface area contributed by atoms with Gasteiger partial charge in [0, 0.05) is 12.2 Å².